The zero-order valence-electron chi connectivity index (χ0n) is 15.1. The van der Waals surface area contributed by atoms with Crippen molar-refractivity contribution in [2.75, 3.05) is 13.1 Å². The van der Waals surface area contributed by atoms with Crippen molar-refractivity contribution >= 4 is 18.1 Å². The van der Waals surface area contributed by atoms with Gasteiger partial charge in [0.25, 0.3) is 0 Å². The largest absolute Gasteiger partial charge is 0.342 e. The number of H-pyrrole nitrogens is 1. The normalized spacial score (nSPS) is 20.6. The van der Waals surface area contributed by atoms with Crippen molar-refractivity contribution < 1.29 is 4.79 Å². The van der Waals surface area contributed by atoms with Crippen molar-refractivity contribution in [2.45, 2.75) is 66.3 Å². The number of rotatable bonds is 4. The summed E-state index contributed by atoms with van der Waals surface area (Å²) in [7, 11) is 0. The fourth-order valence-corrected chi connectivity index (χ4v) is 3.33. The number of nitrogens with one attached hydrogen (secondary N) is 1. The van der Waals surface area contributed by atoms with Gasteiger partial charge in [0.15, 0.2) is 4.77 Å². The summed E-state index contributed by atoms with van der Waals surface area (Å²) in [6, 6.07) is 0. The molecule has 0 spiro atoms. The summed E-state index contributed by atoms with van der Waals surface area (Å²) in [5, 5.41) is 7.31. The van der Waals surface area contributed by atoms with Gasteiger partial charge in [0.2, 0.25) is 5.91 Å². The van der Waals surface area contributed by atoms with Crippen LogP contribution in [0.15, 0.2) is 0 Å². The lowest BCUT2D eigenvalue weighted by molar-refractivity contribution is -0.134. The molecule has 0 unspecified atom stereocenters. The number of nitrogens with zero attached hydrogens (tertiary/aromatic N) is 3. The van der Waals surface area contributed by atoms with Crippen LogP contribution in [0.4, 0.5) is 0 Å². The molecule has 6 heteroatoms. The fraction of sp³-hybridized carbons (Fsp3) is 0.824. The van der Waals surface area contributed by atoms with Gasteiger partial charge in [0, 0.05) is 32.0 Å². The molecule has 1 N–H and O–H groups in total. The predicted molar refractivity (Wildman–Crippen MR) is 94.9 cm³/mol. The van der Waals surface area contributed by atoms with Crippen LogP contribution in [0, 0.1) is 16.1 Å². The first kappa shape index (κ1) is 18.2. The van der Waals surface area contributed by atoms with E-state index in [4.69, 9.17) is 12.2 Å². The minimum Gasteiger partial charge on any atom is -0.342 e. The molecule has 1 aliphatic rings. The second-order valence-corrected chi connectivity index (χ2v) is 8.17. The van der Waals surface area contributed by atoms with Gasteiger partial charge in [-0.25, -0.2) is 0 Å². The van der Waals surface area contributed by atoms with E-state index in [2.05, 4.69) is 44.8 Å². The molecule has 0 aliphatic carbocycles. The Morgan fingerprint density at radius 3 is 2.78 bits per heavy atom. The minimum atomic E-state index is 0.162. The van der Waals surface area contributed by atoms with Gasteiger partial charge >= 0.3 is 0 Å². The zero-order chi connectivity index (χ0) is 17.2. The van der Waals surface area contributed by atoms with E-state index < -0.39 is 0 Å². The number of hydrogen-bond donors (Lipinski definition) is 1. The van der Waals surface area contributed by atoms with Crippen molar-refractivity contribution in [1.29, 1.82) is 0 Å². The van der Waals surface area contributed by atoms with Crippen molar-refractivity contribution in [2.24, 2.45) is 11.3 Å². The van der Waals surface area contributed by atoms with Crippen LogP contribution in [-0.2, 0) is 11.3 Å². The summed E-state index contributed by atoms with van der Waals surface area (Å²) in [6.45, 7) is 13.3. The number of likely N-dealkylation sites (tertiary alicyclic amines) is 1. The van der Waals surface area contributed by atoms with Crippen molar-refractivity contribution in [1.82, 2.24) is 19.7 Å². The van der Waals surface area contributed by atoms with Crippen molar-refractivity contribution in [3.8, 4) is 0 Å². The van der Waals surface area contributed by atoms with Crippen LogP contribution < -0.4 is 0 Å². The first-order valence-electron chi connectivity index (χ1n) is 8.67. The topological polar surface area (TPSA) is 53.9 Å². The summed E-state index contributed by atoms with van der Waals surface area (Å²) < 4.78 is 2.72. The van der Waals surface area contributed by atoms with Crippen molar-refractivity contribution in [3.05, 3.63) is 10.6 Å². The number of carbonyl (C=O) groups is 1. The van der Waals surface area contributed by atoms with E-state index in [1.54, 1.807) is 0 Å². The lowest BCUT2D eigenvalue weighted by atomic mass is 9.80. The molecule has 1 saturated heterocycles. The first-order valence-corrected chi connectivity index (χ1v) is 9.07. The van der Waals surface area contributed by atoms with Crippen LogP contribution in [0.2, 0.25) is 0 Å². The van der Waals surface area contributed by atoms with E-state index in [1.807, 2.05) is 9.47 Å². The second kappa shape index (κ2) is 7.16. The minimum absolute atomic E-state index is 0.162. The third kappa shape index (κ3) is 4.22. The SMILES string of the molecule is CCn1c([C@@H]2CCCN(C(=O)C[C@@H](C)C(C)(C)C)C2)n[nH]c1=S. The molecule has 1 fully saturated rings. The van der Waals surface area contributed by atoms with E-state index >= 15 is 0 Å². The molecule has 1 aromatic heterocycles. The molecular weight excluding hydrogens is 308 g/mol. The Kier molecular flexibility index (Phi) is 5.65. The highest BCUT2D eigenvalue weighted by molar-refractivity contribution is 7.71. The average molecular weight is 339 g/mol. The first-order chi connectivity index (χ1) is 10.7. The van der Waals surface area contributed by atoms with Crippen LogP contribution in [0.3, 0.4) is 0 Å². The molecule has 1 amide bonds. The molecule has 130 valence electrons. The van der Waals surface area contributed by atoms with Gasteiger partial charge in [-0.2, -0.15) is 5.10 Å². The zero-order valence-corrected chi connectivity index (χ0v) is 15.9. The van der Waals surface area contributed by atoms with Gasteiger partial charge in [-0.05, 0) is 43.3 Å². The fourth-order valence-electron chi connectivity index (χ4n) is 3.06. The van der Waals surface area contributed by atoms with Gasteiger partial charge in [-0.3, -0.25) is 9.89 Å². The Labute approximate surface area is 144 Å². The third-order valence-corrected chi connectivity index (χ3v) is 5.51. The molecule has 2 heterocycles. The van der Waals surface area contributed by atoms with Gasteiger partial charge < -0.3 is 9.47 Å². The van der Waals surface area contributed by atoms with Crippen LogP contribution >= 0.6 is 12.2 Å². The molecule has 0 radical (unpaired) electrons. The van der Waals surface area contributed by atoms with E-state index in [1.165, 1.54) is 0 Å². The predicted octanol–water partition coefficient (Wildman–Crippen LogP) is 3.74. The number of amides is 1. The van der Waals surface area contributed by atoms with Crippen LogP contribution in [0.25, 0.3) is 0 Å². The maximum absolute atomic E-state index is 12.7. The van der Waals surface area contributed by atoms with Crippen LogP contribution in [0.5, 0.6) is 0 Å². The molecule has 0 aromatic carbocycles. The maximum atomic E-state index is 12.7. The summed E-state index contributed by atoms with van der Waals surface area (Å²) in [5.74, 6) is 1.93. The summed E-state index contributed by atoms with van der Waals surface area (Å²) >= 11 is 5.28. The van der Waals surface area contributed by atoms with E-state index in [-0.39, 0.29) is 17.2 Å². The van der Waals surface area contributed by atoms with Crippen molar-refractivity contribution in [3.63, 3.8) is 0 Å². The molecule has 2 rings (SSSR count). The molecule has 23 heavy (non-hydrogen) atoms. The highest BCUT2D eigenvalue weighted by Gasteiger charge is 2.30. The lowest BCUT2D eigenvalue weighted by Gasteiger charge is -2.35. The summed E-state index contributed by atoms with van der Waals surface area (Å²) in [4.78, 5) is 14.7. The molecule has 2 atom stereocenters. The standard InChI is InChI=1S/C17H30N4OS/c1-6-21-15(18-19-16(21)23)13-8-7-9-20(11-13)14(22)10-12(2)17(3,4)5/h12-13H,6-11H2,1-5H3,(H,19,23)/t12-,13-/m1/s1. The van der Waals surface area contributed by atoms with E-state index in [0.717, 1.165) is 38.3 Å². The molecule has 0 bridgehead atoms. The lowest BCUT2D eigenvalue weighted by Crippen LogP contribution is -2.41. The molecular formula is C17H30N4OS. The Bertz CT molecular complexity index is 598. The molecule has 0 saturated carbocycles. The molecule has 1 aliphatic heterocycles. The van der Waals surface area contributed by atoms with E-state index in [9.17, 15) is 4.79 Å². The number of hydrogen-bond acceptors (Lipinski definition) is 3. The molecule has 1 aromatic rings. The van der Waals surface area contributed by atoms with Gasteiger partial charge in [0.1, 0.15) is 5.82 Å². The number of aromatic nitrogens is 3. The quantitative estimate of drug-likeness (QED) is 0.851. The summed E-state index contributed by atoms with van der Waals surface area (Å²) in [5.41, 5.74) is 0.162. The molecule has 5 nitrogen and oxygen atoms in total. The Morgan fingerprint density at radius 1 is 1.48 bits per heavy atom. The Morgan fingerprint density at radius 2 is 2.17 bits per heavy atom. The highest BCUT2D eigenvalue weighted by atomic mass is 32.1. The second-order valence-electron chi connectivity index (χ2n) is 7.78. The number of carbonyl (C=O) groups excluding carboxylic acids is 1. The highest BCUT2D eigenvalue weighted by Crippen LogP contribution is 2.30. The van der Waals surface area contributed by atoms with Gasteiger partial charge in [-0.15, -0.1) is 0 Å². The Hall–Kier alpha value is -1.17. The van der Waals surface area contributed by atoms with E-state index in [0.29, 0.717) is 17.1 Å². The average Bonchev–Trinajstić information content (AvgIpc) is 2.87. The maximum Gasteiger partial charge on any atom is 0.222 e. The van der Waals surface area contributed by atoms with Crippen LogP contribution in [-0.4, -0.2) is 38.7 Å². The third-order valence-electron chi connectivity index (χ3n) is 5.20. The van der Waals surface area contributed by atoms with Gasteiger partial charge in [-0.1, -0.05) is 27.7 Å². The number of piperidine rings is 1. The Balaban J connectivity index is 2.06. The smallest absolute Gasteiger partial charge is 0.222 e. The monoisotopic (exact) mass is 338 g/mol. The number of aromatic amines is 1. The summed E-state index contributed by atoms with van der Waals surface area (Å²) in [6.07, 6.45) is 2.72. The van der Waals surface area contributed by atoms with Crippen LogP contribution in [0.1, 0.15) is 65.6 Å². The van der Waals surface area contributed by atoms with Gasteiger partial charge in [0.05, 0.1) is 0 Å².